The maximum Gasteiger partial charge on any atom is 0.120 e. The molecule has 0 spiro atoms. The lowest BCUT2D eigenvalue weighted by Crippen LogP contribution is -2.16. The van der Waals surface area contributed by atoms with E-state index in [1.165, 1.54) is 11.3 Å². The molecule has 0 fully saturated rings. The zero-order valence-corrected chi connectivity index (χ0v) is 10.3. The first-order chi connectivity index (χ1) is 7.20. The van der Waals surface area contributed by atoms with Gasteiger partial charge in [-0.25, -0.2) is 0 Å². The fourth-order valence-corrected chi connectivity index (χ4v) is 1.79. The van der Waals surface area contributed by atoms with E-state index >= 15 is 0 Å². The Morgan fingerprint density at radius 2 is 2.33 bits per heavy atom. The van der Waals surface area contributed by atoms with Crippen molar-refractivity contribution >= 4 is 11.8 Å². The molecule has 0 atom stereocenters. The molecule has 0 aromatic carbocycles. The van der Waals surface area contributed by atoms with E-state index in [1.54, 1.807) is 0 Å². The molecule has 15 heavy (non-hydrogen) atoms. The topological polar surface area (TPSA) is 40.8 Å². The van der Waals surface area contributed by atoms with Crippen LogP contribution in [0, 0.1) is 18.3 Å². The van der Waals surface area contributed by atoms with E-state index in [0.29, 0.717) is 0 Å². The molecule has 0 bridgehead atoms. The normalized spacial score (nSPS) is 10.3. The molecule has 0 aliphatic rings. The predicted molar refractivity (Wildman–Crippen MR) is 65.0 cm³/mol. The molecule has 1 rings (SSSR count). The van der Waals surface area contributed by atoms with Gasteiger partial charge in [0, 0.05) is 31.6 Å². The van der Waals surface area contributed by atoms with Gasteiger partial charge in [-0.15, -0.1) is 0 Å². The average molecular weight is 223 g/mol. The fourth-order valence-electron chi connectivity index (χ4n) is 1.45. The van der Waals surface area contributed by atoms with Crippen LogP contribution in [-0.2, 0) is 13.6 Å². The average Bonchev–Trinajstić information content (AvgIpc) is 2.52. The van der Waals surface area contributed by atoms with Crippen molar-refractivity contribution in [2.24, 2.45) is 7.05 Å². The zero-order valence-electron chi connectivity index (χ0n) is 9.50. The molecule has 1 aromatic heterocycles. The van der Waals surface area contributed by atoms with Gasteiger partial charge in [-0.2, -0.15) is 17.0 Å². The third kappa shape index (κ3) is 3.01. The highest BCUT2D eigenvalue weighted by Gasteiger charge is 2.07. The Kier molecular flexibility index (Phi) is 4.73. The van der Waals surface area contributed by atoms with Crippen molar-refractivity contribution in [3.8, 4) is 6.07 Å². The van der Waals surface area contributed by atoms with E-state index in [9.17, 15) is 0 Å². The van der Waals surface area contributed by atoms with Gasteiger partial charge in [0.05, 0.1) is 0 Å². The molecule has 3 nitrogen and oxygen atoms in total. The molecule has 0 amide bonds. The quantitative estimate of drug-likeness (QED) is 0.772. The standard InChI is InChI=1S/C11H17N3S/c1-9-10(8-13-4-5-15-3)6-11(7-12)14(9)2/h6,13H,4-5,8H2,1-3H3. The number of aromatic nitrogens is 1. The number of hydrogen-bond donors (Lipinski definition) is 1. The van der Waals surface area contributed by atoms with Crippen LogP contribution in [0.25, 0.3) is 0 Å². The lowest BCUT2D eigenvalue weighted by atomic mass is 10.2. The van der Waals surface area contributed by atoms with Crippen molar-refractivity contribution in [3.63, 3.8) is 0 Å². The number of nitriles is 1. The van der Waals surface area contributed by atoms with Gasteiger partial charge in [0.15, 0.2) is 0 Å². The number of nitrogens with zero attached hydrogens (tertiary/aromatic N) is 2. The number of thioether (sulfide) groups is 1. The van der Waals surface area contributed by atoms with E-state index < -0.39 is 0 Å². The molecule has 0 unspecified atom stereocenters. The Morgan fingerprint density at radius 1 is 1.60 bits per heavy atom. The minimum absolute atomic E-state index is 0.731. The maximum atomic E-state index is 8.87. The summed E-state index contributed by atoms with van der Waals surface area (Å²) in [6, 6.07) is 4.15. The summed E-state index contributed by atoms with van der Waals surface area (Å²) < 4.78 is 1.94. The third-order valence-corrected chi connectivity index (χ3v) is 3.17. The van der Waals surface area contributed by atoms with E-state index in [4.69, 9.17) is 5.26 Å². The van der Waals surface area contributed by atoms with Crippen molar-refractivity contribution < 1.29 is 0 Å². The minimum atomic E-state index is 0.731. The van der Waals surface area contributed by atoms with Crippen molar-refractivity contribution in [1.82, 2.24) is 9.88 Å². The SMILES string of the molecule is CSCCNCc1cc(C#N)n(C)c1C. The molecule has 82 valence electrons. The molecule has 0 saturated heterocycles. The van der Waals surface area contributed by atoms with Crippen LogP contribution in [0.2, 0.25) is 0 Å². The monoisotopic (exact) mass is 223 g/mol. The maximum absolute atomic E-state index is 8.87. The van der Waals surface area contributed by atoms with Gasteiger partial charge >= 0.3 is 0 Å². The van der Waals surface area contributed by atoms with Crippen LogP contribution in [0.4, 0.5) is 0 Å². The number of nitrogens with one attached hydrogen (secondary N) is 1. The predicted octanol–water partition coefficient (Wildman–Crippen LogP) is 1.66. The highest BCUT2D eigenvalue weighted by Crippen LogP contribution is 2.12. The minimum Gasteiger partial charge on any atom is -0.340 e. The second-order valence-corrected chi connectivity index (χ2v) is 4.47. The van der Waals surface area contributed by atoms with Crippen LogP contribution in [-0.4, -0.2) is 23.1 Å². The summed E-state index contributed by atoms with van der Waals surface area (Å²) in [5, 5.41) is 12.2. The van der Waals surface area contributed by atoms with Crippen LogP contribution in [0.15, 0.2) is 6.07 Å². The molecule has 1 heterocycles. The first kappa shape index (κ1) is 12.2. The molecular formula is C11H17N3S. The molecule has 0 saturated carbocycles. The second kappa shape index (κ2) is 5.84. The highest BCUT2D eigenvalue weighted by molar-refractivity contribution is 7.98. The number of hydrogen-bond acceptors (Lipinski definition) is 3. The Bertz CT molecular complexity index is 363. The Hall–Kier alpha value is -0.920. The Balaban J connectivity index is 2.59. The first-order valence-corrected chi connectivity index (χ1v) is 6.35. The summed E-state index contributed by atoms with van der Waals surface area (Å²) in [7, 11) is 1.93. The highest BCUT2D eigenvalue weighted by atomic mass is 32.2. The fraction of sp³-hybridized carbons (Fsp3) is 0.545. The van der Waals surface area contributed by atoms with Gasteiger partial charge in [0.1, 0.15) is 11.8 Å². The molecule has 1 N–H and O–H groups in total. The lowest BCUT2D eigenvalue weighted by Gasteiger charge is -2.03. The van der Waals surface area contributed by atoms with Crippen LogP contribution < -0.4 is 5.32 Å². The van der Waals surface area contributed by atoms with E-state index in [2.05, 4.69) is 17.6 Å². The van der Waals surface area contributed by atoms with E-state index in [0.717, 1.165) is 24.5 Å². The van der Waals surface area contributed by atoms with Crippen molar-refractivity contribution in [3.05, 3.63) is 23.0 Å². The van der Waals surface area contributed by atoms with Crippen molar-refractivity contribution in [2.45, 2.75) is 13.5 Å². The summed E-state index contributed by atoms with van der Waals surface area (Å²) in [6.45, 7) is 3.91. The molecule has 1 aromatic rings. The molecule has 4 heteroatoms. The van der Waals surface area contributed by atoms with Crippen LogP contribution in [0.1, 0.15) is 17.0 Å². The van der Waals surface area contributed by atoms with Crippen LogP contribution >= 0.6 is 11.8 Å². The summed E-state index contributed by atoms with van der Waals surface area (Å²) in [5.74, 6) is 1.12. The smallest absolute Gasteiger partial charge is 0.120 e. The zero-order chi connectivity index (χ0) is 11.3. The van der Waals surface area contributed by atoms with Crippen molar-refractivity contribution in [2.75, 3.05) is 18.6 Å². The Morgan fingerprint density at radius 3 is 2.87 bits per heavy atom. The van der Waals surface area contributed by atoms with Crippen molar-refractivity contribution in [1.29, 1.82) is 5.26 Å². The van der Waals surface area contributed by atoms with Gasteiger partial charge in [0.25, 0.3) is 0 Å². The summed E-state index contributed by atoms with van der Waals surface area (Å²) in [5.41, 5.74) is 3.12. The van der Waals surface area contributed by atoms with E-state index in [1.807, 2.05) is 36.4 Å². The Labute approximate surface area is 95.5 Å². The van der Waals surface area contributed by atoms with Gasteiger partial charge in [-0.1, -0.05) is 0 Å². The lowest BCUT2D eigenvalue weighted by molar-refractivity contribution is 0.723. The van der Waals surface area contributed by atoms with Gasteiger partial charge < -0.3 is 9.88 Å². The summed E-state index contributed by atoms with van der Waals surface area (Å²) in [6.07, 6.45) is 2.10. The van der Waals surface area contributed by atoms with Crippen LogP contribution in [0.3, 0.4) is 0 Å². The number of rotatable bonds is 5. The largest absolute Gasteiger partial charge is 0.340 e. The molecule has 0 aliphatic carbocycles. The molecule has 0 radical (unpaired) electrons. The van der Waals surface area contributed by atoms with Gasteiger partial charge in [-0.05, 0) is 24.8 Å². The van der Waals surface area contributed by atoms with Gasteiger partial charge in [0.2, 0.25) is 0 Å². The van der Waals surface area contributed by atoms with Gasteiger partial charge in [-0.3, -0.25) is 0 Å². The summed E-state index contributed by atoms with van der Waals surface area (Å²) in [4.78, 5) is 0. The van der Waals surface area contributed by atoms with E-state index in [-0.39, 0.29) is 0 Å². The molecular weight excluding hydrogens is 206 g/mol. The third-order valence-electron chi connectivity index (χ3n) is 2.55. The summed E-state index contributed by atoms with van der Waals surface area (Å²) >= 11 is 1.83. The van der Waals surface area contributed by atoms with Crippen LogP contribution in [0.5, 0.6) is 0 Å². The first-order valence-electron chi connectivity index (χ1n) is 4.95. The molecule has 0 aliphatic heterocycles. The second-order valence-electron chi connectivity index (χ2n) is 3.48.